The minimum Gasteiger partial charge on any atom is -0.328 e. The molecule has 2 N–H and O–H groups in total. The van der Waals surface area contributed by atoms with Crippen molar-refractivity contribution in [3.05, 3.63) is 0 Å². The lowest BCUT2D eigenvalue weighted by atomic mass is 9.86. The van der Waals surface area contributed by atoms with Crippen LogP contribution in [0.25, 0.3) is 0 Å². The van der Waals surface area contributed by atoms with Crippen LogP contribution in [0.2, 0.25) is 0 Å². The molecule has 0 aromatic carbocycles. The number of hydrogen-bond acceptors (Lipinski definition) is 2. The molecule has 1 fully saturated rings. The van der Waals surface area contributed by atoms with E-state index in [-0.39, 0.29) is 0 Å². The molecule has 2 heteroatoms. The molecule has 0 aromatic heterocycles. The molecule has 0 aliphatic heterocycles. The molecule has 0 amide bonds. The van der Waals surface area contributed by atoms with Crippen LogP contribution in [0.3, 0.4) is 0 Å². The van der Waals surface area contributed by atoms with Crippen LogP contribution in [-0.2, 0) is 0 Å². The SMILES string of the molecule is C#CCN(CC)CC1CCC(N)CC1. The molecule has 0 saturated heterocycles. The highest BCUT2D eigenvalue weighted by Crippen LogP contribution is 2.23. The van der Waals surface area contributed by atoms with Gasteiger partial charge in [0.1, 0.15) is 0 Å². The average Bonchev–Trinajstić information content (AvgIpc) is 2.20. The monoisotopic (exact) mass is 194 g/mol. The van der Waals surface area contributed by atoms with E-state index in [1.165, 1.54) is 25.7 Å². The molecular formula is C12H22N2. The van der Waals surface area contributed by atoms with Crippen molar-refractivity contribution in [2.45, 2.75) is 38.6 Å². The first-order valence-electron chi connectivity index (χ1n) is 5.67. The molecule has 0 atom stereocenters. The highest BCUT2D eigenvalue weighted by Gasteiger charge is 2.19. The third-order valence-corrected chi connectivity index (χ3v) is 3.17. The summed E-state index contributed by atoms with van der Waals surface area (Å²) in [7, 11) is 0. The smallest absolute Gasteiger partial charge is 0.0598 e. The van der Waals surface area contributed by atoms with Gasteiger partial charge in [0.2, 0.25) is 0 Å². The topological polar surface area (TPSA) is 29.3 Å². The molecule has 2 nitrogen and oxygen atoms in total. The van der Waals surface area contributed by atoms with Gasteiger partial charge in [-0.2, -0.15) is 0 Å². The predicted molar refractivity (Wildman–Crippen MR) is 60.9 cm³/mol. The number of terminal acetylenes is 1. The van der Waals surface area contributed by atoms with Crippen molar-refractivity contribution in [2.75, 3.05) is 19.6 Å². The largest absolute Gasteiger partial charge is 0.328 e. The van der Waals surface area contributed by atoms with Crippen molar-refractivity contribution >= 4 is 0 Å². The van der Waals surface area contributed by atoms with Gasteiger partial charge in [-0.15, -0.1) is 6.42 Å². The Hall–Kier alpha value is -0.520. The van der Waals surface area contributed by atoms with Crippen LogP contribution in [0.5, 0.6) is 0 Å². The maximum Gasteiger partial charge on any atom is 0.0598 e. The van der Waals surface area contributed by atoms with Gasteiger partial charge in [0, 0.05) is 12.6 Å². The lowest BCUT2D eigenvalue weighted by Gasteiger charge is -2.30. The zero-order valence-electron chi connectivity index (χ0n) is 9.21. The first-order chi connectivity index (χ1) is 6.76. The normalized spacial score (nSPS) is 27.6. The van der Waals surface area contributed by atoms with Gasteiger partial charge in [0.25, 0.3) is 0 Å². The fraction of sp³-hybridized carbons (Fsp3) is 0.833. The fourth-order valence-electron chi connectivity index (χ4n) is 2.17. The zero-order chi connectivity index (χ0) is 10.4. The minimum absolute atomic E-state index is 0.453. The summed E-state index contributed by atoms with van der Waals surface area (Å²) in [6, 6.07) is 0.453. The first-order valence-corrected chi connectivity index (χ1v) is 5.67. The molecule has 0 bridgehead atoms. The summed E-state index contributed by atoms with van der Waals surface area (Å²) in [5.41, 5.74) is 5.87. The Morgan fingerprint density at radius 2 is 2.00 bits per heavy atom. The van der Waals surface area contributed by atoms with Crippen molar-refractivity contribution in [3.8, 4) is 12.3 Å². The van der Waals surface area contributed by atoms with E-state index in [9.17, 15) is 0 Å². The third kappa shape index (κ3) is 3.69. The van der Waals surface area contributed by atoms with Crippen molar-refractivity contribution in [2.24, 2.45) is 11.7 Å². The minimum atomic E-state index is 0.453. The van der Waals surface area contributed by atoms with Crippen LogP contribution in [0, 0.1) is 18.3 Å². The van der Waals surface area contributed by atoms with Gasteiger partial charge in [-0.1, -0.05) is 12.8 Å². The Morgan fingerprint density at radius 1 is 1.36 bits per heavy atom. The molecule has 0 heterocycles. The molecule has 0 radical (unpaired) electrons. The molecular weight excluding hydrogens is 172 g/mol. The van der Waals surface area contributed by atoms with Crippen LogP contribution in [-0.4, -0.2) is 30.6 Å². The maximum absolute atomic E-state index is 5.87. The fourth-order valence-corrected chi connectivity index (χ4v) is 2.17. The second-order valence-corrected chi connectivity index (χ2v) is 4.31. The number of hydrogen-bond donors (Lipinski definition) is 1. The van der Waals surface area contributed by atoms with Gasteiger partial charge in [-0.05, 0) is 38.1 Å². The summed E-state index contributed by atoms with van der Waals surface area (Å²) >= 11 is 0. The average molecular weight is 194 g/mol. The van der Waals surface area contributed by atoms with E-state index in [0.717, 1.165) is 25.6 Å². The first kappa shape index (κ1) is 11.6. The van der Waals surface area contributed by atoms with E-state index in [2.05, 4.69) is 17.7 Å². The molecule has 1 saturated carbocycles. The zero-order valence-corrected chi connectivity index (χ0v) is 9.21. The van der Waals surface area contributed by atoms with E-state index < -0.39 is 0 Å². The second kappa shape index (κ2) is 6.06. The van der Waals surface area contributed by atoms with Gasteiger partial charge in [-0.25, -0.2) is 0 Å². The summed E-state index contributed by atoms with van der Waals surface area (Å²) in [5.74, 6) is 3.54. The lowest BCUT2D eigenvalue weighted by molar-refractivity contribution is 0.218. The van der Waals surface area contributed by atoms with E-state index in [0.29, 0.717) is 6.04 Å². The van der Waals surface area contributed by atoms with Crippen LogP contribution in [0.15, 0.2) is 0 Å². The van der Waals surface area contributed by atoms with E-state index in [4.69, 9.17) is 12.2 Å². The van der Waals surface area contributed by atoms with E-state index in [1.54, 1.807) is 0 Å². The Morgan fingerprint density at radius 3 is 2.50 bits per heavy atom. The Balaban J connectivity index is 2.25. The van der Waals surface area contributed by atoms with Crippen molar-refractivity contribution in [3.63, 3.8) is 0 Å². The van der Waals surface area contributed by atoms with E-state index >= 15 is 0 Å². The third-order valence-electron chi connectivity index (χ3n) is 3.17. The van der Waals surface area contributed by atoms with Crippen molar-refractivity contribution < 1.29 is 0 Å². The summed E-state index contributed by atoms with van der Waals surface area (Å²) < 4.78 is 0. The number of nitrogens with two attached hydrogens (primary N) is 1. The van der Waals surface area contributed by atoms with Crippen LogP contribution in [0.4, 0.5) is 0 Å². The Bertz CT molecular complexity index is 187. The molecule has 0 unspecified atom stereocenters. The Labute approximate surface area is 87.8 Å². The standard InChI is InChI=1S/C12H22N2/c1-3-9-14(4-2)10-11-5-7-12(13)8-6-11/h1,11-12H,4-10,13H2,2H3. The Kier molecular flexibility index (Phi) is 5.00. The number of rotatable bonds is 4. The predicted octanol–water partition coefficient (Wildman–Crippen LogP) is 1.46. The molecule has 0 aromatic rings. The van der Waals surface area contributed by atoms with Gasteiger partial charge in [0.15, 0.2) is 0 Å². The van der Waals surface area contributed by atoms with Gasteiger partial charge < -0.3 is 5.73 Å². The molecule has 1 aliphatic rings. The van der Waals surface area contributed by atoms with Gasteiger partial charge in [0.05, 0.1) is 6.54 Å². The van der Waals surface area contributed by atoms with Crippen molar-refractivity contribution in [1.82, 2.24) is 4.90 Å². The van der Waals surface area contributed by atoms with Gasteiger partial charge >= 0.3 is 0 Å². The van der Waals surface area contributed by atoms with Crippen LogP contribution < -0.4 is 5.73 Å². The van der Waals surface area contributed by atoms with Crippen LogP contribution >= 0.6 is 0 Å². The van der Waals surface area contributed by atoms with Gasteiger partial charge in [-0.3, -0.25) is 4.90 Å². The van der Waals surface area contributed by atoms with Crippen molar-refractivity contribution in [1.29, 1.82) is 0 Å². The summed E-state index contributed by atoms with van der Waals surface area (Å²) in [5, 5.41) is 0. The number of nitrogens with zero attached hydrogens (tertiary/aromatic N) is 1. The molecule has 14 heavy (non-hydrogen) atoms. The van der Waals surface area contributed by atoms with E-state index in [1.807, 2.05) is 0 Å². The quantitative estimate of drug-likeness (QED) is 0.687. The molecule has 1 rings (SSSR count). The lowest BCUT2D eigenvalue weighted by Crippen LogP contribution is -2.34. The summed E-state index contributed by atoms with van der Waals surface area (Å²) in [6.07, 6.45) is 10.3. The highest BCUT2D eigenvalue weighted by atomic mass is 15.1. The molecule has 1 aliphatic carbocycles. The summed E-state index contributed by atoms with van der Waals surface area (Å²) in [4.78, 5) is 2.35. The molecule has 80 valence electrons. The van der Waals surface area contributed by atoms with Crippen LogP contribution in [0.1, 0.15) is 32.6 Å². The summed E-state index contributed by atoms with van der Waals surface area (Å²) in [6.45, 7) is 5.19. The highest BCUT2D eigenvalue weighted by molar-refractivity contribution is 4.88. The second-order valence-electron chi connectivity index (χ2n) is 4.31. The maximum atomic E-state index is 5.87. The molecule has 0 spiro atoms.